The standard InChI is InChI=1S/C25H25I/c1-25(2)23-14-19(18-8-7-16-5-3-4-6-17(16)13-18)9-11-21(23)22-12-10-20(26)15-24(22)25/h3-6,10,13-15,22H,7-9,11-12H2,1-2H3. The third-order valence-corrected chi connectivity index (χ3v) is 7.57. The quantitative estimate of drug-likeness (QED) is 0.391. The minimum absolute atomic E-state index is 0.184. The Morgan fingerprint density at radius 1 is 0.923 bits per heavy atom. The van der Waals surface area contributed by atoms with E-state index in [-0.39, 0.29) is 5.41 Å². The van der Waals surface area contributed by atoms with Crippen molar-refractivity contribution >= 4 is 28.7 Å². The van der Waals surface area contributed by atoms with Crippen LogP contribution in [0.3, 0.4) is 0 Å². The van der Waals surface area contributed by atoms with Crippen LogP contribution in [-0.2, 0) is 6.42 Å². The molecule has 0 spiro atoms. The first kappa shape index (κ1) is 16.8. The fraction of sp³-hybridized carbons (Fsp3) is 0.360. The molecule has 26 heavy (non-hydrogen) atoms. The molecule has 0 N–H and O–H groups in total. The summed E-state index contributed by atoms with van der Waals surface area (Å²) in [6.45, 7) is 4.88. The second-order valence-electron chi connectivity index (χ2n) is 8.58. The molecule has 1 aromatic rings. The monoisotopic (exact) mass is 452 g/mol. The highest BCUT2D eigenvalue weighted by atomic mass is 127. The molecule has 0 saturated carbocycles. The van der Waals surface area contributed by atoms with E-state index in [1.165, 1.54) is 46.8 Å². The Kier molecular flexibility index (Phi) is 3.93. The summed E-state index contributed by atoms with van der Waals surface area (Å²) in [5.41, 5.74) is 11.3. The molecule has 132 valence electrons. The minimum atomic E-state index is 0.184. The maximum absolute atomic E-state index is 2.57. The topological polar surface area (TPSA) is 0 Å². The highest BCUT2D eigenvalue weighted by Gasteiger charge is 2.44. The Morgan fingerprint density at radius 2 is 1.69 bits per heavy atom. The van der Waals surface area contributed by atoms with Gasteiger partial charge in [-0.2, -0.15) is 0 Å². The molecule has 4 aliphatic carbocycles. The Morgan fingerprint density at radius 3 is 2.58 bits per heavy atom. The first-order chi connectivity index (χ1) is 12.5. The van der Waals surface area contributed by atoms with Crippen LogP contribution in [0.25, 0.3) is 6.08 Å². The lowest BCUT2D eigenvalue weighted by Crippen LogP contribution is -2.16. The van der Waals surface area contributed by atoms with Crippen molar-refractivity contribution in [3.63, 3.8) is 0 Å². The smallest absolute Gasteiger partial charge is 0.0115 e. The predicted octanol–water partition coefficient (Wildman–Crippen LogP) is 7.34. The van der Waals surface area contributed by atoms with Gasteiger partial charge in [-0.1, -0.05) is 67.5 Å². The van der Waals surface area contributed by atoms with E-state index in [9.17, 15) is 0 Å². The average Bonchev–Trinajstić information content (AvgIpc) is 2.88. The molecule has 0 amide bonds. The molecule has 1 aromatic carbocycles. The number of fused-ring (bicyclic) bond motifs is 3. The van der Waals surface area contributed by atoms with Gasteiger partial charge in [0.1, 0.15) is 0 Å². The van der Waals surface area contributed by atoms with Crippen LogP contribution >= 0.6 is 22.6 Å². The number of halogens is 1. The molecule has 0 bridgehead atoms. The van der Waals surface area contributed by atoms with Gasteiger partial charge >= 0.3 is 0 Å². The lowest BCUT2D eigenvalue weighted by molar-refractivity contribution is 0.528. The molecule has 0 fully saturated rings. The van der Waals surface area contributed by atoms with Crippen LogP contribution in [0.4, 0.5) is 0 Å². The van der Waals surface area contributed by atoms with E-state index >= 15 is 0 Å². The normalized spacial score (nSPS) is 26.2. The van der Waals surface area contributed by atoms with Crippen molar-refractivity contribution in [3.8, 4) is 0 Å². The van der Waals surface area contributed by atoms with Crippen molar-refractivity contribution in [3.05, 3.63) is 85.1 Å². The van der Waals surface area contributed by atoms with E-state index in [1.807, 2.05) is 0 Å². The number of hydrogen-bond acceptors (Lipinski definition) is 0. The first-order valence-electron chi connectivity index (χ1n) is 9.85. The zero-order valence-electron chi connectivity index (χ0n) is 15.6. The van der Waals surface area contributed by atoms with Crippen molar-refractivity contribution in [1.29, 1.82) is 0 Å². The van der Waals surface area contributed by atoms with Gasteiger partial charge in [-0.05, 0) is 88.6 Å². The van der Waals surface area contributed by atoms with E-state index in [4.69, 9.17) is 0 Å². The maximum atomic E-state index is 2.57. The number of allylic oxidation sites excluding steroid dienone is 9. The van der Waals surface area contributed by atoms with Crippen LogP contribution in [0.5, 0.6) is 0 Å². The van der Waals surface area contributed by atoms with Gasteiger partial charge < -0.3 is 0 Å². The van der Waals surface area contributed by atoms with Gasteiger partial charge in [0.15, 0.2) is 0 Å². The number of benzene rings is 1. The molecule has 0 radical (unpaired) electrons. The Labute approximate surface area is 170 Å². The molecular formula is C25H25I. The van der Waals surface area contributed by atoms with E-state index in [0.29, 0.717) is 5.92 Å². The number of rotatable bonds is 1. The third-order valence-electron chi connectivity index (χ3n) is 6.82. The first-order valence-corrected chi connectivity index (χ1v) is 10.9. The molecule has 5 rings (SSSR count). The van der Waals surface area contributed by atoms with Crippen molar-refractivity contribution in [2.45, 2.75) is 46.0 Å². The van der Waals surface area contributed by atoms with Crippen molar-refractivity contribution in [2.75, 3.05) is 0 Å². The maximum Gasteiger partial charge on any atom is 0.0115 e. The summed E-state index contributed by atoms with van der Waals surface area (Å²) in [5, 5.41) is 0. The van der Waals surface area contributed by atoms with Gasteiger partial charge in [-0.15, -0.1) is 0 Å². The van der Waals surface area contributed by atoms with Crippen molar-refractivity contribution in [1.82, 2.24) is 0 Å². The molecule has 0 aromatic heterocycles. The lowest BCUT2D eigenvalue weighted by atomic mass is 9.76. The van der Waals surface area contributed by atoms with E-state index in [0.717, 1.165) is 0 Å². The van der Waals surface area contributed by atoms with Crippen LogP contribution in [0.15, 0.2) is 73.9 Å². The molecular weight excluding hydrogens is 427 g/mol. The van der Waals surface area contributed by atoms with Gasteiger partial charge in [-0.3, -0.25) is 0 Å². The highest BCUT2D eigenvalue weighted by molar-refractivity contribution is 14.1. The van der Waals surface area contributed by atoms with Gasteiger partial charge in [0.2, 0.25) is 0 Å². The Bertz CT molecular complexity index is 946. The average molecular weight is 452 g/mol. The van der Waals surface area contributed by atoms with Gasteiger partial charge in [0, 0.05) is 14.9 Å². The SMILES string of the molecule is CC1(C)C2=CC(I)=CCC2C2=C1C=C(C1=Cc3ccccc3CC1)CC2. The van der Waals surface area contributed by atoms with Gasteiger partial charge in [0.05, 0.1) is 0 Å². The zero-order valence-corrected chi connectivity index (χ0v) is 17.8. The largest absolute Gasteiger partial charge is 0.0702 e. The fourth-order valence-corrected chi connectivity index (χ4v) is 5.98. The number of hydrogen-bond donors (Lipinski definition) is 0. The molecule has 1 atom stereocenters. The third kappa shape index (κ3) is 2.54. The summed E-state index contributed by atoms with van der Waals surface area (Å²) in [5.74, 6) is 0.664. The summed E-state index contributed by atoms with van der Waals surface area (Å²) >= 11 is 2.48. The molecule has 0 aliphatic heterocycles. The molecule has 0 heterocycles. The number of aryl methyl sites for hydroxylation is 1. The summed E-state index contributed by atoms with van der Waals surface area (Å²) in [4.78, 5) is 0. The molecule has 1 unspecified atom stereocenters. The van der Waals surface area contributed by atoms with E-state index in [2.05, 4.69) is 85.0 Å². The van der Waals surface area contributed by atoms with Crippen LogP contribution < -0.4 is 0 Å². The summed E-state index contributed by atoms with van der Waals surface area (Å²) in [6.07, 6.45) is 15.9. The minimum Gasteiger partial charge on any atom is -0.0702 e. The lowest BCUT2D eigenvalue weighted by Gasteiger charge is -2.28. The Hall–Kier alpha value is -1.35. The van der Waals surface area contributed by atoms with Crippen LogP contribution in [0, 0.1) is 11.3 Å². The molecule has 0 saturated heterocycles. The second kappa shape index (κ2) is 6.09. The highest BCUT2D eigenvalue weighted by Crippen LogP contribution is 2.57. The molecule has 0 nitrogen and oxygen atoms in total. The zero-order chi connectivity index (χ0) is 17.9. The summed E-state index contributed by atoms with van der Waals surface area (Å²) in [7, 11) is 0. The summed E-state index contributed by atoms with van der Waals surface area (Å²) < 4.78 is 1.41. The second-order valence-corrected chi connectivity index (χ2v) is 9.82. The molecule has 4 aliphatic rings. The van der Waals surface area contributed by atoms with Gasteiger partial charge in [-0.25, -0.2) is 0 Å². The fourth-order valence-electron chi connectivity index (χ4n) is 5.39. The summed E-state index contributed by atoms with van der Waals surface area (Å²) in [6, 6.07) is 8.89. The van der Waals surface area contributed by atoms with Gasteiger partial charge in [0.25, 0.3) is 0 Å². The van der Waals surface area contributed by atoms with Crippen molar-refractivity contribution < 1.29 is 0 Å². The van der Waals surface area contributed by atoms with Crippen LogP contribution in [0.1, 0.15) is 50.7 Å². The Balaban J connectivity index is 1.55. The van der Waals surface area contributed by atoms with E-state index in [1.54, 1.807) is 27.9 Å². The molecule has 1 heteroatoms. The van der Waals surface area contributed by atoms with Crippen LogP contribution in [0.2, 0.25) is 0 Å². The van der Waals surface area contributed by atoms with Crippen molar-refractivity contribution in [2.24, 2.45) is 11.3 Å². The predicted molar refractivity (Wildman–Crippen MR) is 119 cm³/mol. The van der Waals surface area contributed by atoms with E-state index < -0.39 is 0 Å². The van der Waals surface area contributed by atoms with Crippen LogP contribution in [-0.4, -0.2) is 0 Å².